The molecule has 1 spiro atoms. The van der Waals surface area contributed by atoms with E-state index in [4.69, 9.17) is 9.72 Å². The first kappa shape index (κ1) is 20.6. The number of phenols is 1. The van der Waals surface area contributed by atoms with Gasteiger partial charge in [-0.15, -0.1) is 11.1 Å². The van der Waals surface area contributed by atoms with E-state index in [2.05, 4.69) is 11.0 Å². The molecule has 0 amide bonds. The van der Waals surface area contributed by atoms with Crippen molar-refractivity contribution in [2.45, 2.75) is 69.1 Å². The summed E-state index contributed by atoms with van der Waals surface area (Å²) in [6, 6.07) is 7.39. The summed E-state index contributed by atoms with van der Waals surface area (Å²) in [6.07, 6.45) is 4.44. The van der Waals surface area contributed by atoms with E-state index in [1.54, 1.807) is 6.07 Å². The molecule has 2 aromatic rings. The second-order valence-electron chi connectivity index (χ2n) is 10.2. The van der Waals surface area contributed by atoms with Crippen molar-refractivity contribution in [2.75, 3.05) is 13.1 Å². The quantitative estimate of drug-likeness (QED) is 0.632. The number of phenolic OH excluding ortho intramolecular Hbond substituents is 1. The zero-order valence-corrected chi connectivity index (χ0v) is 20.9. The molecule has 1 aromatic heterocycles. The molecule has 6 heteroatoms. The van der Waals surface area contributed by atoms with E-state index in [1.807, 2.05) is 19.9 Å². The monoisotopic (exact) mass is 492 g/mol. The van der Waals surface area contributed by atoms with E-state index in [0.29, 0.717) is 12.2 Å². The molecule has 2 bridgehead atoms. The van der Waals surface area contributed by atoms with Crippen molar-refractivity contribution in [2.24, 2.45) is 5.92 Å². The van der Waals surface area contributed by atoms with Gasteiger partial charge in [-0.05, 0) is 61.9 Å². The van der Waals surface area contributed by atoms with E-state index in [9.17, 15) is 10.2 Å². The van der Waals surface area contributed by atoms with Crippen molar-refractivity contribution >= 4 is 0 Å². The van der Waals surface area contributed by atoms with E-state index < -0.39 is 11.0 Å². The summed E-state index contributed by atoms with van der Waals surface area (Å²) in [4.78, 5) is 7.49. The Morgan fingerprint density at radius 3 is 2.87 bits per heavy atom. The van der Waals surface area contributed by atoms with Crippen LogP contribution >= 0.6 is 0 Å². The summed E-state index contributed by atoms with van der Waals surface area (Å²) < 4.78 is 6.51. The molecule has 5 nitrogen and oxygen atoms in total. The summed E-state index contributed by atoms with van der Waals surface area (Å²) in [6.45, 7) is 6.09. The molecule has 2 N–H and O–H groups in total. The molecule has 7 rings (SSSR count). The first-order valence-corrected chi connectivity index (χ1v) is 11.3. The normalized spacial score (nSPS) is 34.4. The van der Waals surface area contributed by atoms with E-state index >= 15 is 0 Å². The topological polar surface area (TPSA) is 65.8 Å². The average Bonchev–Trinajstić information content (AvgIpc) is 3.44. The second kappa shape index (κ2) is 6.53. The molecule has 3 aliphatic carbocycles. The molecule has 1 aromatic carbocycles. The third kappa shape index (κ3) is 2.44. The number of hydrogen-bond acceptors (Lipinski definition) is 5. The van der Waals surface area contributed by atoms with Gasteiger partial charge in [-0.25, -0.2) is 0 Å². The number of aliphatic hydroxyl groups is 1. The van der Waals surface area contributed by atoms with Gasteiger partial charge in [0, 0.05) is 50.9 Å². The molecule has 2 aliphatic heterocycles. The Morgan fingerprint density at radius 2 is 2.10 bits per heavy atom. The Bertz CT molecular complexity index is 1120. The van der Waals surface area contributed by atoms with E-state index in [0.717, 1.165) is 59.9 Å². The van der Waals surface area contributed by atoms with Gasteiger partial charge < -0.3 is 19.9 Å². The van der Waals surface area contributed by atoms with Crippen LogP contribution in [0.5, 0.6) is 11.5 Å². The standard InChI is InChI=1S/C25H27N2O3.Y/c1-13-9-17-11-25(29)19-10-16-5-6-18(28)22-20(16)24(25,7-8-27(19)12-15-3-4-15)23(30-22)21(17)26-14(13)2;/h5-6,15,19,23,28-29H,3-4,7-8,10-12H2,1-2H3;/q-1;/t19?,23-,24-,25+;/m0./s1. The first-order valence-electron chi connectivity index (χ1n) is 11.3. The van der Waals surface area contributed by atoms with Crippen molar-refractivity contribution < 1.29 is 47.7 Å². The maximum absolute atomic E-state index is 12.6. The molecular formula is C25H27N2O3Y-. The van der Waals surface area contributed by atoms with Crippen molar-refractivity contribution in [3.8, 4) is 11.5 Å². The van der Waals surface area contributed by atoms with Gasteiger partial charge in [-0.2, -0.15) is 6.07 Å². The fraction of sp³-hybridized carbons (Fsp3) is 0.560. The maximum atomic E-state index is 12.6. The molecule has 3 heterocycles. The molecule has 1 saturated heterocycles. The van der Waals surface area contributed by atoms with Gasteiger partial charge >= 0.3 is 0 Å². The predicted octanol–water partition coefficient (Wildman–Crippen LogP) is 2.90. The van der Waals surface area contributed by atoms with Crippen LogP contribution in [0.1, 0.15) is 59.0 Å². The minimum absolute atomic E-state index is 0. The van der Waals surface area contributed by atoms with Gasteiger partial charge in [0.15, 0.2) is 11.5 Å². The predicted molar refractivity (Wildman–Crippen MR) is 111 cm³/mol. The van der Waals surface area contributed by atoms with Crippen LogP contribution < -0.4 is 4.74 Å². The maximum Gasteiger partial charge on any atom is 0.164 e. The minimum atomic E-state index is -0.941. The fourth-order valence-corrected chi connectivity index (χ4v) is 6.99. The SMILES string of the molecule is Cc1[c-]c2c(nc1C)[C@@H]1Oc3c(O)ccc4c3[C@@]13CCN(CC1CC1)C(C4)[C@]3(O)C2.[Y]. The van der Waals surface area contributed by atoms with Crippen LogP contribution in [0.25, 0.3) is 0 Å². The number of likely N-dealkylation sites (tertiary alicyclic amines) is 1. The number of aromatic nitrogens is 1. The second-order valence-corrected chi connectivity index (χ2v) is 10.2. The van der Waals surface area contributed by atoms with Crippen molar-refractivity contribution in [3.05, 3.63) is 51.8 Å². The summed E-state index contributed by atoms with van der Waals surface area (Å²) in [5, 5.41) is 23.2. The molecule has 4 atom stereocenters. The molecule has 1 radical (unpaired) electrons. The number of hydrogen-bond donors (Lipinski definition) is 2. The number of rotatable bonds is 2. The van der Waals surface area contributed by atoms with Crippen LogP contribution in [0.3, 0.4) is 0 Å². The first-order chi connectivity index (χ1) is 14.4. The molecule has 1 unspecified atom stereocenters. The summed E-state index contributed by atoms with van der Waals surface area (Å²) >= 11 is 0. The van der Waals surface area contributed by atoms with E-state index in [1.165, 1.54) is 18.4 Å². The zero-order chi connectivity index (χ0) is 20.4. The van der Waals surface area contributed by atoms with Gasteiger partial charge in [0.2, 0.25) is 0 Å². The number of ether oxygens (including phenoxy) is 1. The van der Waals surface area contributed by atoms with E-state index in [-0.39, 0.29) is 50.6 Å². The largest absolute Gasteiger partial charge is 0.504 e. The van der Waals surface area contributed by atoms with Crippen LogP contribution in [0.15, 0.2) is 12.1 Å². The molecule has 159 valence electrons. The average molecular weight is 492 g/mol. The van der Waals surface area contributed by atoms with Crippen molar-refractivity contribution in [3.63, 3.8) is 0 Å². The van der Waals surface area contributed by atoms with Gasteiger partial charge in [0.25, 0.3) is 0 Å². The van der Waals surface area contributed by atoms with Crippen LogP contribution in [-0.2, 0) is 51.0 Å². The van der Waals surface area contributed by atoms with Gasteiger partial charge in [-0.3, -0.25) is 4.90 Å². The smallest absolute Gasteiger partial charge is 0.164 e. The number of aryl methyl sites for hydroxylation is 2. The Balaban J connectivity index is 0.00000185. The Kier molecular flexibility index (Phi) is 4.34. The van der Waals surface area contributed by atoms with Crippen LogP contribution in [0, 0.1) is 25.8 Å². The fourth-order valence-electron chi connectivity index (χ4n) is 6.99. The molecule has 5 aliphatic rings. The van der Waals surface area contributed by atoms with Gasteiger partial charge in [-0.1, -0.05) is 25.6 Å². The number of fused-ring (bicyclic) bond motifs is 2. The number of benzene rings is 1. The molecule has 1 saturated carbocycles. The van der Waals surface area contributed by atoms with Crippen molar-refractivity contribution in [1.82, 2.24) is 9.88 Å². The Morgan fingerprint density at radius 1 is 1.29 bits per heavy atom. The van der Waals surface area contributed by atoms with Gasteiger partial charge in [0.1, 0.15) is 6.10 Å². The number of piperidine rings is 1. The molecule has 31 heavy (non-hydrogen) atoms. The van der Waals surface area contributed by atoms with Crippen molar-refractivity contribution in [1.29, 1.82) is 0 Å². The minimum Gasteiger partial charge on any atom is -0.504 e. The summed E-state index contributed by atoms with van der Waals surface area (Å²) in [7, 11) is 0. The number of pyridine rings is 1. The van der Waals surface area contributed by atoms with Gasteiger partial charge in [0.05, 0.1) is 11.0 Å². The van der Waals surface area contributed by atoms with Crippen LogP contribution in [0.4, 0.5) is 0 Å². The molecular weight excluding hydrogens is 465 g/mol. The third-order valence-electron chi connectivity index (χ3n) is 8.69. The number of nitrogens with zero attached hydrogens (tertiary/aromatic N) is 2. The molecule has 2 fully saturated rings. The van der Waals surface area contributed by atoms with Crippen LogP contribution in [0.2, 0.25) is 0 Å². The number of aromatic hydroxyl groups is 1. The summed E-state index contributed by atoms with van der Waals surface area (Å²) in [5.74, 6) is 1.52. The Hall–Kier alpha value is -1.01. The third-order valence-corrected chi connectivity index (χ3v) is 8.69. The summed E-state index contributed by atoms with van der Waals surface area (Å²) in [5.41, 5.74) is 4.65. The zero-order valence-electron chi connectivity index (χ0n) is 18.1. The van der Waals surface area contributed by atoms with Crippen LogP contribution in [-0.4, -0.2) is 44.8 Å². The Labute approximate surface area is 208 Å².